The van der Waals surface area contributed by atoms with Gasteiger partial charge in [-0.05, 0) is 78.7 Å². The van der Waals surface area contributed by atoms with E-state index in [9.17, 15) is 10.2 Å². The van der Waals surface area contributed by atoms with Crippen LogP contribution in [0.2, 0.25) is 0 Å². The monoisotopic (exact) mass is 658 g/mol. The molecule has 7 aromatic carbocycles. The first kappa shape index (κ1) is 27.7. The van der Waals surface area contributed by atoms with E-state index in [4.69, 9.17) is 0 Å². The molecule has 0 heterocycles. The predicted octanol–water partition coefficient (Wildman–Crippen LogP) is 9.94. The summed E-state index contributed by atoms with van der Waals surface area (Å²) in [6, 6.07) is 47.5. The van der Waals surface area contributed by atoms with Gasteiger partial charge in [0, 0.05) is 26.6 Å². The smallest absolute Gasteiger partial charge is 0.141 e. The Labute approximate surface area is 276 Å². The van der Waals surface area contributed by atoms with E-state index in [1.165, 1.54) is 5.56 Å². The van der Waals surface area contributed by atoms with Crippen molar-refractivity contribution >= 4 is 37.5 Å². The van der Waals surface area contributed by atoms with Crippen molar-refractivity contribution in [1.29, 1.82) is 0 Å². The molecule has 222 valence electrons. The number of hydrogen-bond acceptors (Lipinski definition) is 2. The molecule has 0 aromatic heterocycles. The van der Waals surface area contributed by atoms with E-state index in [-0.39, 0.29) is 5.41 Å². The first-order chi connectivity index (χ1) is 22.2. The second-order valence-corrected chi connectivity index (χ2v) is 14.2. The Morgan fingerprint density at radius 3 is 1.46 bits per heavy atom. The van der Waals surface area contributed by atoms with Crippen LogP contribution in [0.15, 0.2) is 144 Å². The van der Waals surface area contributed by atoms with Gasteiger partial charge in [-0.3, -0.25) is 0 Å². The summed E-state index contributed by atoms with van der Waals surface area (Å²) in [5, 5.41) is 31.2. The van der Waals surface area contributed by atoms with E-state index in [2.05, 4.69) is 96.5 Å². The summed E-state index contributed by atoms with van der Waals surface area (Å²) in [6.07, 6.45) is 0. The van der Waals surface area contributed by atoms with Gasteiger partial charge in [0.1, 0.15) is 11.2 Å². The quantitative estimate of drug-likeness (QED) is 0.194. The lowest BCUT2D eigenvalue weighted by Gasteiger charge is -2.46. The van der Waals surface area contributed by atoms with Crippen LogP contribution in [-0.2, 0) is 16.6 Å². The SMILES string of the molecule is CC1(C)c2cc(Br)ccc2-c2cc3c(cc21)C(O)(c1cccc2ccccc12)c1ccccc1C3(O)c1cccc2ccccc12. The maximum atomic E-state index is 13.6. The third-order valence-electron chi connectivity index (χ3n) is 10.6. The molecule has 0 saturated heterocycles. The minimum absolute atomic E-state index is 0.322. The molecule has 9 rings (SSSR count). The van der Waals surface area contributed by atoms with Crippen molar-refractivity contribution in [3.8, 4) is 11.1 Å². The summed E-state index contributed by atoms with van der Waals surface area (Å²) in [7, 11) is 0. The highest BCUT2D eigenvalue weighted by Crippen LogP contribution is 2.59. The van der Waals surface area contributed by atoms with E-state index in [0.29, 0.717) is 22.3 Å². The fourth-order valence-corrected chi connectivity index (χ4v) is 8.78. The molecule has 0 fully saturated rings. The Morgan fingerprint density at radius 2 is 0.870 bits per heavy atom. The van der Waals surface area contributed by atoms with Crippen LogP contribution in [0.3, 0.4) is 0 Å². The van der Waals surface area contributed by atoms with Crippen molar-refractivity contribution in [1.82, 2.24) is 0 Å². The van der Waals surface area contributed by atoms with Crippen LogP contribution in [0.25, 0.3) is 32.7 Å². The number of rotatable bonds is 2. The summed E-state index contributed by atoms with van der Waals surface area (Å²) in [5.41, 5.74) is 5.57. The summed E-state index contributed by atoms with van der Waals surface area (Å²) >= 11 is 3.71. The molecule has 2 atom stereocenters. The Hall–Kier alpha value is -4.54. The van der Waals surface area contributed by atoms with Crippen LogP contribution in [0, 0.1) is 0 Å². The van der Waals surface area contributed by atoms with Gasteiger partial charge in [0.05, 0.1) is 0 Å². The molecule has 2 N–H and O–H groups in total. The molecule has 3 heteroatoms. The van der Waals surface area contributed by atoms with Gasteiger partial charge in [-0.15, -0.1) is 0 Å². The molecule has 0 bridgehead atoms. The van der Waals surface area contributed by atoms with Gasteiger partial charge < -0.3 is 10.2 Å². The van der Waals surface area contributed by atoms with Crippen LogP contribution in [0.5, 0.6) is 0 Å². The lowest BCUT2D eigenvalue weighted by Crippen LogP contribution is -2.44. The largest absolute Gasteiger partial charge is 0.376 e. The van der Waals surface area contributed by atoms with E-state index in [0.717, 1.165) is 53.8 Å². The van der Waals surface area contributed by atoms with Crippen LogP contribution in [-0.4, -0.2) is 10.2 Å². The summed E-state index contributed by atoms with van der Waals surface area (Å²) < 4.78 is 1.03. The molecule has 46 heavy (non-hydrogen) atoms. The predicted molar refractivity (Wildman–Crippen MR) is 190 cm³/mol. The Morgan fingerprint density at radius 1 is 0.413 bits per heavy atom. The molecule has 0 aliphatic heterocycles. The van der Waals surface area contributed by atoms with Crippen LogP contribution < -0.4 is 0 Å². The van der Waals surface area contributed by atoms with Gasteiger partial charge in [0.2, 0.25) is 0 Å². The van der Waals surface area contributed by atoms with Crippen LogP contribution in [0.4, 0.5) is 0 Å². The van der Waals surface area contributed by atoms with Gasteiger partial charge in [-0.1, -0.05) is 151 Å². The number of fused-ring (bicyclic) bond motifs is 7. The zero-order chi connectivity index (χ0) is 31.4. The van der Waals surface area contributed by atoms with Crippen molar-refractivity contribution < 1.29 is 10.2 Å². The molecule has 0 radical (unpaired) electrons. The van der Waals surface area contributed by atoms with E-state index in [1.807, 2.05) is 72.8 Å². The van der Waals surface area contributed by atoms with Crippen molar-refractivity contribution in [2.45, 2.75) is 30.5 Å². The molecule has 0 saturated carbocycles. The molecular formula is C43H31BrO2. The minimum atomic E-state index is -1.54. The van der Waals surface area contributed by atoms with Crippen molar-refractivity contribution in [3.63, 3.8) is 0 Å². The Bertz CT molecular complexity index is 2400. The molecule has 2 unspecified atom stereocenters. The number of halogens is 1. The second kappa shape index (κ2) is 9.49. The zero-order valence-electron chi connectivity index (χ0n) is 25.6. The van der Waals surface area contributed by atoms with E-state index < -0.39 is 11.2 Å². The van der Waals surface area contributed by atoms with Gasteiger partial charge >= 0.3 is 0 Å². The average Bonchev–Trinajstić information content (AvgIpc) is 3.30. The van der Waals surface area contributed by atoms with Crippen LogP contribution in [0.1, 0.15) is 58.4 Å². The topological polar surface area (TPSA) is 40.5 Å². The third-order valence-corrected chi connectivity index (χ3v) is 11.1. The summed E-state index contributed by atoms with van der Waals surface area (Å²) in [4.78, 5) is 0. The van der Waals surface area contributed by atoms with Gasteiger partial charge in [-0.2, -0.15) is 0 Å². The first-order valence-electron chi connectivity index (χ1n) is 15.7. The molecular weight excluding hydrogens is 628 g/mol. The summed E-state index contributed by atoms with van der Waals surface area (Å²) in [6.45, 7) is 4.50. The second-order valence-electron chi connectivity index (χ2n) is 13.3. The van der Waals surface area contributed by atoms with Gasteiger partial charge in [-0.25, -0.2) is 0 Å². The number of hydrogen-bond donors (Lipinski definition) is 2. The van der Waals surface area contributed by atoms with E-state index >= 15 is 0 Å². The number of benzene rings is 7. The molecule has 7 aromatic rings. The lowest BCUT2D eigenvalue weighted by atomic mass is 9.61. The normalized spacial score (nSPS) is 20.6. The van der Waals surface area contributed by atoms with Crippen molar-refractivity contribution in [3.05, 3.63) is 189 Å². The van der Waals surface area contributed by atoms with Gasteiger partial charge in [0.25, 0.3) is 0 Å². The molecule has 0 amide bonds. The maximum absolute atomic E-state index is 13.6. The molecule has 2 nitrogen and oxygen atoms in total. The van der Waals surface area contributed by atoms with Gasteiger partial charge in [0.15, 0.2) is 0 Å². The zero-order valence-corrected chi connectivity index (χ0v) is 27.1. The maximum Gasteiger partial charge on any atom is 0.141 e. The first-order valence-corrected chi connectivity index (χ1v) is 16.5. The Kier molecular flexibility index (Phi) is 5.73. The third kappa shape index (κ3) is 3.48. The van der Waals surface area contributed by atoms with Crippen molar-refractivity contribution in [2.75, 3.05) is 0 Å². The lowest BCUT2D eigenvalue weighted by molar-refractivity contribution is 0.0763. The van der Waals surface area contributed by atoms with Crippen LogP contribution >= 0.6 is 15.9 Å². The fourth-order valence-electron chi connectivity index (χ4n) is 8.42. The molecule has 0 spiro atoms. The van der Waals surface area contributed by atoms with Crippen molar-refractivity contribution in [2.24, 2.45) is 0 Å². The summed E-state index contributed by atoms with van der Waals surface area (Å²) in [5.74, 6) is 0. The molecule has 2 aliphatic carbocycles. The average molecular weight is 660 g/mol. The highest BCUT2D eigenvalue weighted by molar-refractivity contribution is 9.10. The number of aliphatic hydroxyl groups is 2. The fraction of sp³-hybridized carbons (Fsp3) is 0.116. The molecule has 2 aliphatic rings. The highest BCUT2D eigenvalue weighted by atomic mass is 79.9. The highest BCUT2D eigenvalue weighted by Gasteiger charge is 2.53. The standard InChI is InChI=1S/C43H31BrO2/c1-41(2)37-23-28(44)21-22-31(37)32-24-39-40(25-38(32)41)43(46,34-20-10-14-27-12-4-6-16-30(27)34)36-18-8-7-17-35(36)42(39,45)33-19-9-13-26-11-3-5-15-29(26)33/h3-25,45-46H,1-2H3. The Balaban J connectivity index is 1.47. The van der Waals surface area contributed by atoms with E-state index in [1.54, 1.807) is 0 Å². The minimum Gasteiger partial charge on any atom is -0.376 e.